The first kappa shape index (κ1) is 19.4. The van der Waals surface area contributed by atoms with E-state index in [1.165, 1.54) is 6.42 Å². The number of nitrogens with one attached hydrogen (secondary N) is 1. The van der Waals surface area contributed by atoms with Gasteiger partial charge in [0.1, 0.15) is 0 Å². The molecule has 0 atom stereocenters. The van der Waals surface area contributed by atoms with Gasteiger partial charge in [0, 0.05) is 32.8 Å². The van der Waals surface area contributed by atoms with E-state index in [4.69, 9.17) is 4.74 Å². The van der Waals surface area contributed by atoms with Crippen LogP contribution in [0.4, 0.5) is 0 Å². The average molecular weight is 286 g/mol. The van der Waals surface area contributed by atoms with Crippen molar-refractivity contribution >= 4 is 5.91 Å². The van der Waals surface area contributed by atoms with Crippen LogP contribution in [0.25, 0.3) is 0 Å². The first-order valence-electron chi connectivity index (χ1n) is 8.05. The van der Waals surface area contributed by atoms with Gasteiger partial charge in [-0.15, -0.1) is 0 Å². The molecule has 120 valence electrons. The molecule has 4 heteroatoms. The fraction of sp³-hybridized carbons (Fsp3) is 0.938. The van der Waals surface area contributed by atoms with Crippen molar-refractivity contribution in [1.82, 2.24) is 10.2 Å². The van der Waals surface area contributed by atoms with Gasteiger partial charge in [0.15, 0.2) is 0 Å². The highest BCUT2D eigenvalue weighted by Crippen LogP contribution is 2.20. The van der Waals surface area contributed by atoms with Crippen molar-refractivity contribution in [1.29, 1.82) is 0 Å². The molecule has 0 radical (unpaired) electrons. The number of rotatable bonds is 6. The maximum absolute atomic E-state index is 11.8. The molecule has 0 spiro atoms. The van der Waals surface area contributed by atoms with E-state index in [1.807, 2.05) is 18.7 Å². The largest absolute Gasteiger partial charge is 0.381 e. The van der Waals surface area contributed by atoms with Gasteiger partial charge in [-0.1, -0.05) is 34.6 Å². The highest BCUT2D eigenvalue weighted by molar-refractivity contribution is 5.76. The monoisotopic (exact) mass is 286 g/mol. The van der Waals surface area contributed by atoms with Gasteiger partial charge in [-0.2, -0.15) is 0 Å². The summed E-state index contributed by atoms with van der Waals surface area (Å²) in [5, 5.41) is 3.24. The summed E-state index contributed by atoms with van der Waals surface area (Å²) in [6.45, 7) is 15.5. The Morgan fingerprint density at radius 1 is 1.15 bits per heavy atom. The Balaban J connectivity index is 0.00000172. The van der Waals surface area contributed by atoms with Crippen molar-refractivity contribution in [3.05, 3.63) is 0 Å². The van der Waals surface area contributed by atoms with Crippen LogP contribution in [-0.2, 0) is 9.53 Å². The Labute approximate surface area is 125 Å². The van der Waals surface area contributed by atoms with Crippen molar-refractivity contribution in [3.63, 3.8) is 0 Å². The third-order valence-electron chi connectivity index (χ3n) is 3.15. The lowest BCUT2D eigenvalue weighted by atomic mass is 9.91. The van der Waals surface area contributed by atoms with Gasteiger partial charge in [-0.3, -0.25) is 4.79 Å². The minimum absolute atomic E-state index is 0.229. The van der Waals surface area contributed by atoms with Gasteiger partial charge in [0.05, 0.1) is 13.0 Å². The number of hydrogen-bond donors (Lipinski definition) is 1. The first-order valence-corrected chi connectivity index (χ1v) is 8.05. The molecule has 1 heterocycles. The third-order valence-corrected chi connectivity index (χ3v) is 3.15. The summed E-state index contributed by atoms with van der Waals surface area (Å²) < 4.78 is 5.53. The predicted octanol–water partition coefficient (Wildman–Crippen LogP) is 2.68. The van der Waals surface area contributed by atoms with E-state index in [0.717, 1.165) is 39.2 Å². The van der Waals surface area contributed by atoms with E-state index in [-0.39, 0.29) is 5.91 Å². The molecule has 0 aliphatic carbocycles. The van der Waals surface area contributed by atoms with Crippen LogP contribution in [-0.4, -0.2) is 50.2 Å². The fourth-order valence-electron chi connectivity index (χ4n) is 2.04. The number of carbonyl (C=O) groups is 1. The zero-order valence-corrected chi connectivity index (χ0v) is 14.1. The molecule has 1 fully saturated rings. The van der Waals surface area contributed by atoms with E-state index in [1.54, 1.807) is 0 Å². The van der Waals surface area contributed by atoms with Gasteiger partial charge in [-0.05, 0) is 18.3 Å². The molecule has 0 saturated carbocycles. The number of amides is 1. The Morgan fingerprint density at radius 2 is 1.75 bits per heavy atom. The van der Waals surface area contributed by atoms with Gasteiger partial charge < -0.3 is 15.0 Å². The summed E-state index contributed by atoms with van der Waals surface area (Å²) >= 11 is 0. The van der Waals surface area contributed by atoms with E-state index in [2.05, 4.69) is 26.1 Å². The van der Waals surface area contributed by atoms with E-state index >= 15 is 0 Å². The maximum Gasteiger partial charge on any atom is 0.224 e. The molecule has 0 aromatic carbocycles. The second kappa shape index (κ2) is 11.1. The summed E-state index contributed by atoms with van der Waals surface area (Å²) in [6.07, 6.45) is 2.76. The molecule has 0 bridgehead atoms. The van der Waals surface area contributed by atoms with Crippen molar-refractivity contribution < 1.29 is 9.53 Å². The molecule has 4 nitrogen and oxygen atoms in total. The zero-order valence-electron chi connectivity index (χ0n) is 14.1. The highest BCUT2D eigenvalue weighted by Gasteiger charge is 2.15. The highest BCUT2D eigenvalue weighted by atomic mass is 16.5. The molecule has 0 aromatic rings. The van der Waals surface area contributed by atoms with Crippen LogP contribution < -0.4 is 5.32 Å². The molecule has 1 N–H and O–H groups in total. The summed E-state index contributed by atoms with van der Waals surface area (Å²) in [4.78, 5) is 13.7. The van der Waals surface area contributed by atoms with Crippen molar-refractivity contribution in [2.45, 2.75) is 53.9 Å². The van der Waals surface area contributed by atoms with Gasteiger partial charge in [0.25, 0.3) is 0 Å². The SMILES string of the molecule is CC.CC(C)(C)CCCOCCC(=O)N1CCNCC1. The molecule has 1 aliphatic heterocycles. The molecule has 0 unspecified atom stereocenters. The smallest absolute Gasteiger partial charge is 0.224 e. The van der Waals surface area contributed by atoms with Gasteiger partial charge in [0.2, 0.25) is 5.91 Å². The Morgan fingerprint density at radius 3 is 2.30 bits per heavy atom. The summed E-state index contributed by atoms with van der Waals surface area (Å²) in [7, 11) is 0. The minimum atomic E-state index is 0.229. The maximum atomic E-state index is 11.8. The second-order valence-corrected chi connectivity index (χ2v) is 6.16. The Kier molecular flexibility index (Phi) is 10.8. The van der Waals surface area contributed by atoms with Gasteiger partial charge >= 0.3 is 0 Å². The second-order valence-electron chi connectivity index (χ2n) is 6.16. The van der Waals surface area contributed by atoms with Crippen LogP contribution in [0.1, 0.15) is 53.9 Å². The minimum Gasteiger partial charge on any atom is -0.381 e. The van der Waals surface area contributed by atoms with Crippen LogP contribution in [0, 0.1) is 5.41 Å². The molecule has 1 saturated heterocycles. The fourth-order valence-corrected chi connectivity index (χ4v) is 2.04. The number of ether oxygens (including phenoxy) is 1. The van der Waals surface area contributed by atoms with E-state index < -0.39 is 0 Å². The molecule has 1 amide bonds. The zero-order chi connectivity index (χ0) is 15.4. The molecular formula is C16H34N2O2. The number of hydrogen-bond acceptors (Lipinski definition) is 3. The quantitative estimate of drug-likeness (QED) is 0.763. The normalized spacial score (nSPS) is 15.6. The number of carbonyl (C=O) groups excluding carboxylic acids is 1. The number of piperazine rings is 1. The molecule has 20 heavy (non-hydrogen) atoms. The van der Waals surface area contributed by atoms with E-state index in [0.29, 0.717) is 18.4 Å². The average Bonchev–Trinajstić information content (AvgIpc) is 2.44. The lowest BCUT2D eigenvalue weighted by molar-refractivity contribution is -0.132. The molecule has 1 aliphatic rings. The predicted molar refractivity (Wildman–Crippen MR) is 84.9 cm³/mol. The number of nitrogens with zero attached hydrogens (tertiary/aromatic N) is 1. The van der Waals surface area contributed by atoms with Crippen LogP contribution in [0.5, 0.6) is 0 Å². The van der Waals surface area contributed by atoms with Crippen LogP contribution in [0.2, 0.25) is 0 Å². The molecule has 1 rings (SSSR count). The lowest BCUT2D eigenvalue weighted by Crippen LogP contribution is -2.46. The standard InChI is InChI=1S/C14H28N2O2.C2H6/c1-14(2,3)6-4-11-18-12-5-13(17)16-9-7-15-8-10-16;1-2/h15H,4-12H2,1-3H3;1-2H3. The molecular weight excluding hydrogens is 252 g/mol. The van der Waals surface area contributed by atoms with Crippen LogP contribution in [0.3, 0.4) is 0 Å². The summed E-state index contributed by atoms with van der Waals surface area (Å²) in [5.41, 5.74) is 0.375. The van der Waals surface area contributed by atoms with E-state index in [9.17, 15) is 4.79 Å². The summed E-state index contributed by atoms with van der Waals surface area (Å²) in [6, 6.07) is 0. The van der Waals surface area contributed by atoms with Crippen LogP contribution >= 0.6 is 0 Å². The van der Waals surface area contributed by atoms with Crippen molar-refractivity contribution in [2.24, 2.45) is 5.41 Å². The van der Waals surface area contributed by atoms with Crippen molar-refractivity contribution in [2.75, 3.05) is 39.4 Å². The van der Waals surface area contributed by atoms with Crippen molar-refractivity contribution in [3.8, 4) is 0 Å². The Bertz CT molecular complexity index is 243. The lowest BCUT2D eigenvalue weighted by Gasteiger charge is -2.27. The Hall–Kier alpha value is -0.610. The summed E-state index contributed by atoms with van der Waals surface area (Å²) in [5.74, 6) is 0.229. The first-order chi connectivity index (χ1) is 9.49. The molecule has 0 aromatic heterocycles. The topological polar surface area (TPSA) is 41.6 Å². The van der Waals surface area contributed by atoms with Crippen LogP contribution in [0.15, 0.2) is 0 Å². The van der Waals surface area contributed by atoms with Gasteiger partial charge in [-0.25, -0.2) is 0 Å². The third kappa shape index (κ3) is 10.2.